The third-order valence-corrected chi connectivity index (χ3v) is 4.86. The maximum Gasteiger partial charge on any atom is 0.223 e. The summed E-state index contributed by atoms with van der Waals surface area (Å²) in [5.41, 5.74) is -0.0965. The molecule has 92 valence electrons. The molecule has 0 radical (unpaired) electrons. The van der Waals surface area contributed by atoms with E-state index in [2.05, 4.69) is 12.2 Å². The molecule has 0 aliphatic heterocycles. The average molecular weight is 244 g/mol. The molecule has 2 nitrogen and oxygen atoms in total. The van der Waals surface area contributed by atoms with Crippen LogP contribution in [0.2, 0.25) is 0 Å². The highest BCUT2D eigenvalue weighted by Crippen LogP contribution is 2.34. The minimum absolute atomic E-state index is 0.0965. The fraction of sp³-hybridized carbons (Fsp3) is 0.923. The highest BCUT2D eigenvalue weighted by Gasteiger charge is 2.37. The van der Waals surface area contributed by atoms with E-state index in [4.69, 9.17) is 11.6 Å². The summed E-state index contributed by atoms with van der Waals surface area (Å²) in [6.07, 6.45) is 7.84. The van der Waals surface area contributed by atoms with Gasteiger partial charge in [-0.05, 0) is 44.4 Å². The molecule has 2 rings (SSSR count). The van der Waals surface area contributed by atoms with Crippen LogP contribution in [0.15, 0.2) is 0 Å². The fourth-order valence-electron chi connectivity index (χ4n) is 2.64. The number of alkyl halides is 1. The molecule has 2 aliphatic carbocycles. The summed E-state index contributed by atoms with van der Waals surface area (Å²) in [6, 6.07) is 0. The van der Waals surface area contributed by atoms with E-state index < -0.39 is 0 Å². The summed E-state index contributed by atoms with van der Waals surface area (Å²) in [6.45, 7) is 2.28. The highest BCUT2D eigenvalue weighted by atomic mass is 35.5. The molecule has 1 N–H and O–H groups in total. The van der Waals surface area contributed by atoms with Crippen molar-refractivity contribution in [3.05, 3.63) is 0 Å². The van der Waals surface area contributed by atoms with Gasteiger partial charge in [0.25, 0.3) is 0 Å². The summed E-state index contributed by atoms with van der Waals surface area (Å²) in [4.78, 5) is 12.0. The Morgan fingerprint density at radius 1 is 1.31 bits per heavy atom. The zero-order chi connectivity index (χ0) is 11.6. The van der Waals surface area contributed by atoms with Crippen LogP contribution in [0.4, 0.5) is 0 Å². The van der Waals surface area contributed by atoms with Gasteiger partial charge in [-0.25, -0.2) is 0 Å². The van der Waals surface area contributed by atoms with Gasteiger partial charge in [0.05, 0.1) is 5.54 Å². The van der Waals surface area contributed by atoms with Crippen LogP contribution in [0, 0.1) is 11.8 Å². The molecule has 2 fully saturated rings. The van der Waals surface area contributed by atoms with Crippen molar-refractivity contribution in [3.63, 3.8) is 0 Å². The zero-order valence-electron chi connectivity index (χ0n) is 10.1. The molecule has 0 spiro atoms. The van der Waals surface area contributed by atoms with E-state index in [9.17, 15) is 4.79 Å². The van der Waals surface area contributed by atoms with Crippen LogP contribution < -0.4 is 5.32 Å². The molecule has 0 aromatic carbocycles. The van der Waals surface area contributed by atoms with Gasteiger partial charge in [-0.3, -0.25) is 4.79 Å². The Morgan fingerprint density at radius 2 is 1.94 bits per heavy atom. The van der Waals surface area contributed by atoms with Crippen molar-refractivity contribution in [1.29, 1.82) is 0 Å². The van der Waals surface area contributed by atoms with Crippen molar-refractivity contribution >= 4 is 17.5 Å². The Kier molecular flexibility index (Phi) is 3.78. The fourth-order valence-corrected chi connectivity index (χ4v) is 2.97. The summed E-state index contributed by atoms with van der Waals surface area (Å²) in [7, 11) is 0. The third kappa shape index (κ3) is 2.53. The van der Waals surface area contributed by atoms with Crippen molar-refractivity contribution in [1.82, 2.24) is 5.32 Å². The molecular weight excluding hydrogens is 222 g/mol. The summed E-state index contributed by atoms with van der Waals surface area (Å²) in [5, 5.41) is 3.23. The summed E-state index contributed by atoms with van der Waals surface area (Å²) >= 11 is 6.08. The molecule has 0 aromatic heterocycles. The monoisotopic (exact) mass is 243 g/mol. The van der Waals surface area contributed by atoms with Crippen LogP contribution in [-0.4, -0.2) is 17.3 Å². The first-order valence-electron chi connectivity index (χ1n) is 6.53. The van der Waals surface area contributed by atoms with Crippen LogP contribution in [0.1, 0.15) is 51.9 Å². The normalized spacial score (nSPS) is 35.5. The standard InChI is InChI=1S/C13H22ClNO/c1-10-5-7-13(9-14,8-6-10)15-12(16)11-3-2-4-11/h10-11H,2-9H2,1H3,(H,15,16). The lowest BCUT2D eigenvalue weighted by Gasteiger charge is -2.40. The van der Waals surface area contributed by atoms with Gasteiger partial charge in [0.1, 0.15) is 0 Å². The second-order valence-corrected chi connectivity index (χ2v) is 5.98. The average Bonchev–Trinajstić information content (AvgIpc) is 2.19. The molecule has 1 amide bonds. The predicted molar refractivity (Wildman–Crippen MR) is 66.6 cm³/mol. The summed E-state index contributed by atoms with van der Waals surface area (Å²) in [5.74, 6) is 1.89. The van der Waals surface area contributed by atoms with Crippen molar-refractivity contribution in [2.24, 2.45) is 11.8 Å². The van der Waals surface area contributed by atoms with Gasteiger partial charge >= 0.3 is 0 Å². The number of rotatable bonds is 3. The SMILES string of the molecule is CC1CCC(CCl)(NC(=O)C2CCC2)CC1. The maximum absolute atomic E-state index is 12.0. The van der Waals surface area contributed by atoms with Crippen LogP contribution in [0.25, 0.3) is 0 Å². The van der Waals surface area contributed by atoms with Gasteiger partial charge in [0, 0.05) is 11.8 Å². The lowest BCUT2D eigenvalue weighted by Crippen LogP contribution is -2.54. The Bertz CT molecular complexity index is 255. The van der Waals surface area contributed by atoms with Crippen LogP contribution in [-0.2, 0) is 4.79 Å². The molecular formula is C13H22ClNO. The summed E-state index contributed by atoms with van der Waals surface area (Å²) < 4.78 is 0. The van der Waals surface area contributed by atoms with E-state index in [1.165, 1.54) is 19.3 Å². The molecule has 16 heavy (non-hydrogen) atoms. The molecule has 0 aromatic rings. The highest BCUT2D eigenvalue weighted by molar-refractivity contribution is 6.18. The van der Waals surface area contributed by atoms with Crippen molar-refractivity contribution in [3.8, 4) is 0 Å². The number of carbonyl (C=O) groups is 1. The molecule has 3 heteroatoms. The number of halogens is 1. The molecule has 0 atom stereocenters. The first-order valence-corrected chi connectivity index (χ1v) is 7.07. The minimum atomic E-state index is -0.0965. The van der Waals surface area contributed by atoms with Crippen molar-refractivity contribution < 1.29 is 4.79 Å². The van der Waals surface area contributed by atoms with Crippen LogP contribution >= 0.6 is 11.6 Å². The molecule has 0 bridgehead atoms. The van der Waals surface area contributed by atoms with Crippen LogP contribution in [0.3, 0.4) is 0 Å². The van der Waals surface area contributed by atoms with E-state index >= 15 is 0 Å². The van der Waals surface area contributed by atoms with Gasteiger partial charge in [-0.2, -0.15) is 0 Å². The number of hydrogen-bond acceptors (Lipinski definition) is 1. The quantitative estimate of drug-likeness (QED) is 0.759. The van der Waals surface area contributed by atoms with E-state index in [-0.39, 0.29) is 17.4 Å². The first kappa shape index (κ1) is 12.2. The van der Waals surface area contributed by atoms with Crippen LogP contribution in [0.5, 0.6) is 0 Å². The van der Waals surface area contributed by atoms with Crippen molar-refractivity contribution in [2.45, 2.75) is 57.4 Å². The molecule has 0 unspecified atom stereocenters. The van der Waals surface area contributed by atoms with E-state index in [0.717, 1.165) is 31.6 Å². The molecule has 0 heterocycles. The first-order chi connectivity index (χ1) is 7.65. The Hall–Kier alpha value is -0.240. The second kappa shape index (κ2) is 4.95. The maximum atomic E-state index is 12.0. The minimum Gasteiger partial charge on any atom is -0.349 e. The Balaban J connectivity index is 1.90. The predicted octanol–water partition coefficient (Wildman–Crippen LogP) is 3.09. The third-order valence-electron chi connectivity index (χ3n) is 4.35. The van der Waals surface area contributed by atoms with Gasteiger partial charge < -0.3 is 5.32 Å². The van der Waals surface area contributed by atoms with E-state index in [1.807, 2.05) is 0 Å². The molecule has 0 saturated heterocycles. The Labute approximate surface area is 103 Å². The number of carbonyl (C=O) groups excluding carboxylic acids is 1. The van der Waals surface area contributed by atoms with Crippen molar-refractivity contribution in [2.75, 3.05) is 5.88 Å². The lowest BCUT2D eigenvalue weighted by atomic mass is 9.77. The zero-order valence-corrected chi connectivity index (χ0v) is 10.9. The smallest absolute Gasteiger partial charge is 0.223 e. The van der Waals surface area contributed by atoms with Gasteiger partial charge in [0.2, 0.25) is 5.91 Å². The van der Waals surface area contributed by atoms with Gasteiger partial charge in [0.15, 0.2) is 0 Å². The van der Waals surface area contributed by atoms with E-state index in [0.29, 0.717) is 5.88 Å². The Morgan fingerprint density at radius 3 is 2.38 bits per heavy atom. The molecule has 2 aliphatic rings. The second-order valence-electron chi connectivity index (χ2n) is 5.71. The van der Waals surface area contributed by atoms with E-state index in [1.54, 1.807) is 0 Å². The lowest BCUT2D eigenvalue weighted by molar-refractivity contribution is -0.129. The molecule has 2 saturated carbocycles. The van der Waals surface area contributed by atoms with Gasteiger partial charge in [-0.15, -0.1) is 11.6 Å². The number of amides is 1. The largest absolute Gasteiger partial charge is 0.349 e. The topological polar surface area (TPSA) is 29.1 Å². The number of nitrogens with one attached hydrogen (secondary N) is 1. The number of hydrogen-bond donors (Lipinski definition) is 1. The van der Waals surface area contributed by atoms with Gasteiger partial charge in [-0.1, -0.05) is 13.3 Å².